The van der Waals surface area contributed by atoms with Crippen molar-refractivity contribution >= 4 is 49.8 Å². The van der Waals surface area contributed by atoms with Crippen LogP contribution in [0, 0.1) is 6.92 Å². The summed E-state index contributed by atoms with van der Waals surface area (Å²) in [6.07, 6.45) is 10.2. The van der Waals surface area contributed by atoms with E-state index in [0.717, 1.165) is 56.6 Å². The molecule has 7 heteroatoms. The lowest BCUT2D eigenvalue weighted by atomic mass is 10.1. The van der Waals surface area contributed by atoms with E-state index in [1.54, 1.807) is 11.3 Å². The van der Waals surface area contributed by atoms with E-state index in [4.69, 9.17) is 0 Å². The Kier molecular flexibility index (Phi) is 4.35. The summed E-state index contributed by atoms with van der Waals surface area (Å²) in [7, 11) is 0. The van der Waals surface area contributed by atoms with E-state index < -0.39 is 0 Å². The number of aromatic amines is 1. The zero-order valence-corrected chi connectivity index (χ0v) is 18.0. The minimum Gasteiger partial charge on any atom is -0.361 e. The van der Waals surface area contributed by atoms with Gasteiger partial charge in [0, 0.05) is 70.3 Å². The molecule has 0 bridgehead atoms. The van der Waals surface area contributed by atoms with Crippen molar-refractivity contribution in [3.8, 4) is 10.4 Å². The average molecular weight is 427 g/mol. The lowest BCUT2D eigenvalue weighted by Crippen LogP contribution is -2.20. The first kappa shape index (κ1) is 18.3. The number of aromatic nitrogens is 4. The van der Waals surface area contributed by atoms with Crippen molar-refractivity contribution in [1.29, 1.82) is 0 Å². The van der Waals surface area contributed by atoms with Crippen LogP contribution in [-0.4, -0.2) is 33.0 Å². The summed E-state index contributed by atoms with van der Waals surface area (Å²) < 4.78 is 0. The fourth-order valence-corrected chi connectivity index (χ4v) is 5.28. The molecule has 6 nitrogen and oxygen atoms in total. The molecule has 0 atom stereocenters. The number of nitrogens with zero attached hydrogens (tertiary/aromatic N) is 4. The Balaban J connectivity index is 1.34. The van der Waals surface area contributed by atoms with Gasteiger partial charge in [-0.05, 0) is 55.7 Å². The quantitative estimate of drug-likeness (QED) is 0.375. The van der Waals surface area contributed by atoms with E-state index in [2.05, 4.69) is 61.3 Å². The molecule has 1 aliphatic rings. The number of hydrogen-bond acceptors (Lipinski definition) is 6. The minimum absolute atomic E-state index is 0.832. The van der Waals surface area contributed by atoms with Crippen LogP contribution in [0.3, 0.4) is 0 Å². The van der Waals surface area contributed by atoms with Gasteiger partial charge in [0.2, 0.25) is 5.95 Å². The number of nitrogens with one attached hydrogen (secondary N) is 2. The molecular weight excluding hydrogens is 404 g/mol. The van der Waals surface area contributed by atoms with Crippen LogP contribution in [0.1, 0.15) is 18.4 Å². The van der Waals surface area contributed by atoms with Gasteiger partial charge < -0.3 is 15.2 Å². The number of fused-ring (bicyclic) bond motifs is 2. The maximum absolute atomic E-state index is 4.62. The molecule has 0 amide bonds. The van der Waals surface area contributed by atoms with Crippen LogP contribution < -0.4 is 10.2 Å². The molecule has 0 unspecified atom stereocenters. The van der Waals surface area contributed by atoms with Gasteiger partial charge in [0.15, 0.2) is 0 Å². The third-order valence-electron chi connectivity index (χ3n) is 6.02. The first-order valence-corrected chi connectivity index (χ1v) is 11.4. The first-order chi connectivity index (χ1) is 15.3. The minimum atomic E-state index is 0.832. The number of rotatable bonds is 4. The van der Waals surface area contributed by atoms with Crippen LogP contribution in [0.15, 0.2) is 55.1 Å². The van der Waals surface area contributed by atoms with Gasteiger partial charge in [-0.1, -0.05) is 0 Å². The molecular formula is C24H22N6S. The number of aryl methyl sites for hydroxylation is 1. The summed E-state index contributed by atoms with van der Waals surface area (Å²) in [5, 5.41) is 5.97. The molecule has 1 aromatic carbocycles. The third kappa shape index (κ3) is 3.21. The van der Waals surface area contributed by atoms with Crippen molar-refractivity contribution in [2.75, 3.05) is 23.3 Å². The SMILES string of the molecule is Cc1c(Nc2ccnc3sc(-c4cnc(N5CCCC5)nc4)cc23)ccc2[nH]ccc12. The highest BCUT2D eigenvalue weighted by molar-refractivity contribution is 7.21. The van der Waals surface area contributed by atoms with E-state index in [9.17, 15) is 0 Å². The van der Waals surface area contributed by atoms with Gasteiger partial charge in [-0.25, -0.2) is 15.0 Å². The molecule has 0 aliphatic carbocycles. The molecule has 2 N–H and O–H groups in total. The number of H-pyrrole nitrogens is 1. The number of thiophene rings is 1. The number of hydrogen-bond donors (Lipinski definition) is 2. The van der Waals surface area contributed by atoms with Gasteiger partial charge in [-0.3, -0.25) is 0 Å². The number of pyridine rings is 1. The maximum Gasteiger partial charge on any atom is 0.225 e. The first-order valence-electron chi connectivity index (χ1n) is 10.6. The zero-order valence-electron chi connectivity index (χ0n) is 17.2. The van der Waals surface area contributed by atoms with Crippen molar-refractivity contribution in [3.05, 3.63) is 60.7 Å². The predicted octanol–water partition coefficient (Wildman–Crippen LogP) is 5.89. The molecule has 1 saturated heterocycles. The second-order valence-electron chi connectivity index (χ2n) is 7.96. The van der Waals surface area contributed by atoms with Crippen molar-refractivity contribution in [2.24, 2.45) is 0 Å². The molecule has 1 fully saturated rings. The summed E-state index contributed by atoms with van der Waals surface area (Å²) in [6, 6.07) is 10.6. The van der Waals surface area contributed by atoms with Crippen molar-refractivity contribution in [1.82, 2.24) is 19.9 Å². The fourth-order valence-electron chi connectivity index (χ4n) is 4.28. The van der Waals surface area contributed by atoms with E-state index in [1.165, 1.54) is 23.8 Å². The summed E-state index contributed by atoms with van der Waals surface area (Å²) in [5.74, 6) is 0.832. The highest BCUT2D eigenvalue weighted by atomic mass is 32.1. The van der Waals surface area contributed by atoms with Crippen LogP contribution in [0.2, 0.25) is 0 Å². The van der Waals surface area contributed by atoms with Crippen LogP contribution in [0.4, 0.5) is 17.3 Å². The Labute approximate surface area is 184 Å². The Morgan fingerprint density at radius 2 is 1.81 bits per heavy atom. The lowest BCUT2D eigenvalue weighted by molar-refractivity contribution is 0.899. The second-order valence-corrected chi connectivity index (χ2v) is 8.99. The Hall–Kier alpha value is -3.45. The van der Waals surface area contributed by atoms with E-state index in [0.29, 0.717) is 0 Å². The van der Waals surface area contributed by atoms with E-state index in [1.807, 2.05) is 30.9 Å². The van der Waals surface area contributed by atoms with Gasteiger partial charge in [0.05, 0.1) is 5.69 Å². The Bertz CT molecular complexity index is 1380. The molecule has 1 aliphatic heterocycles. The molecule has 154 valence electrons. The highest BCUT2D eigenvalue weighted by Crippen LogP contribution is 2.37. The van der Waals surface area contributed by atoms with Crippen molar-refractivity contribution in [3.63, 3.8) is 0 Å². The maximum atomic E-state index is 4.62. The van der Waals surface area contributed by atoms with Crippen LogP contribution >= 0.6 is 11.3 Å². The molecule has 5 heterocycles. The van der Waals surface area contributed by atoms with Gasteiger partial charge in [0.1, 0.15) is 4.83 Å². The van der Waals surface area contributed by atoms with Crippen LogP contribution in [-0.2, 0) is 0 Å². The molecule has 0 radical (unpaired) electrons. The number of benzene rings is 1. The molecule has 5 aromatic rings. The largest absolute Gasteiger partial charge is 0.361 e. The van der Waals surface area contributed by atoms with Gasteiger partial charge in [-0.15, -0.1) is 11.3 Å². The summed E-state index contributed by atoms with van der Waals surface area (Å²) in [5.41, 5.74) is 5.57. The molecule has 0 spiro atoms. The van der Waals surface area contributed by atoms with Gasteiger partial charge in [0.25, 0.3) is 0 Å². The monoisotopic (exact) mass is 426 g/mol. The van der Waals surface area contributed by atoms with Crippen molar-refractivity contribution in [2.45, 2.75) is 19.8 Å². The Morgan fingerprint density at radius 1 is 0.968 bits per heavy atom. The van der Waals surface area contributed by atoms with E-state index >= 15 is 0 Å². The number of anilines is 3. The second kappa shape index (κ2) is 7.35. The standard InChI is InChI=1S/C24H22N6S/c1-15-17-6-8-25-20(17)5-4-19(15)29-21-7-9-26-23-18(21)12-22(31-23)16-13-27-24(28-14-16)30-10-2-3-11-30/h4-9,12-14,25H,2-3,10-11H2,1H3,(H,26,29). The fraction of sp³-hybridized carbons (Fsp3) is 0.208. The van der Waals surface area contributed by atoms with Gasteiger partial charge >= 0.3 is 0 Å². The topological polar surface area (TPSA) is 69.7 Å². The predicted molar refractivity (Wildman–Crippen MR) is 128 cm³/mol. The van der Waals surface area contributed by atoms with Crippen LogP contribution in [0.5, 0.6) is 0 Å². The molecule has 4 aromatic heterocycles. The molecule has 6 rings (SSSR count). The van der Waals surface area contributed by atoms with Crippen LogP contribution in [0.25, 0.3) is 31.6 Å². The smallest absolute Gasteiger partial charge is 0.225 e. The molecule has 31 heavy (non-hydrogen) atoms. The third-order valence-corrected chi connectivity index (χ3v) is 7.11. The zero-order chi connectivity index (χ0) is 20.8. The van der Waals surface area contributed by atoms with E-state index in [-0.39, 0.29) is 0 Å². The highest BCUT2D eigenvalue weighted by Gasteiger charge is 2.16. The average Bonchev–Trinajstić information content (AvgIpc) is 3.56. The normalized spacial score (nSPS) is 14.0. The van der Waals surface area contributed by atoms with Crippen molar-refractivity contribution < 1.29 is 0 Å². The Morgan fingerprint density at radius 3 is 2.65 bits per heavy atom. The van der Waals surface area contributed by atoms with Gasteiger partial charge in [-0.2, -0.15) is 0 Å². The summed E-state index contributed by atoms with van der Waals surface area (Å²) in [4.78, 5) is 21.5. The molecule has 0 saturated carbocycles. The summed E-state index contributed by atoms with van der Waals surface area (Å²) in [6.45, 7) is 4.25. The summed E-state index contributed by atoms with van der Waals surface area (Å²) >= 11 is 1.67. The lowest BCUT2D eigenvalue weighted by Gasteiger charge is -2.14.